The summed E-state index contributed by atoms with van der Waals surface area (Å²) in [5.74, 6) is 0. The van der Waals surface area contributed by atoms with Crippen molar-refractivity contribution in [2.75, 3.05) is 11.9 Å². The Morgan fingerprint density at radius 2 is 1.88 bits per heavy atom. The molecule has 1 aliphatic rings. The fourth-order valence-corrected chi connectivity index (χ4v) is 2.55. The molecule has 0 bridgehead atoms. The topological polar surface area (TPSA) is 21.3 Å². The van der Waals surface area contributed by atoms with Gasteiger partial charge in [-0.2, -0.15) is 0 Å². The first-order chi connectivity index (χ1) is 8.10. The maximum Gasteiger partial charge on any atom is 0.0614 e. The largest absolute Gasteiger partial charge is 0.382 e. The Balaban J connectivity index is 1.92. The summed E-state index contributed by atoms with van der Waals surface area (Å²) >= 11 is 3.59. The number of aryl methyl sites for hydroxylation is 2. The number of halogens is 1. The average molecular weight is 298 g/mol. The zero-order chi connectivity index (χ0) is 12.4. The van der Waals surface area contributed by atoms with E-state index in [1.165, 1.54) is 21.3 Å². The maximum absolute atomic E-state index is 5.56. The first-order valence-corrected chi connectivity index (χ1v) is 7.04. The molecule has 1 aliphatic carbocycles. The highest BCUT2D eigenvalue weighted by molar-refractivity contribution is 9.10. The Kier molecular flexibility index (Phi) is 4.10. The predicted octanol–water partition coefficient (Wildman–Crippen LogP) is 4.05. The summed E-state index contributed by atoms with van der Waals surface area (Å²) in [6.07, 6.45) is 2.72. The summed E-state index contributed by atoms with van der Waals surface area (Å²) in [5.41, 5.74) is 3.80. The minimum atomic E-state index is 0.468. The normalized spacial score (nSPS) is 23.3. The van der Waals surface area contributed by atoms with E-state index >= 15 is 0 Å². The molecule has 2 rings (SSSR count). The molecular weight excluding hydrogens is 278 g/mol. The maximum atomic E-state index is 5.56. The zero-order valence-electron chi connectivity index (χ0n) is 10.7. The van der Waals surface area contributed by atoms with Crippen molar-refractivity contribution >= 4 is 21.6 Å². The molecule has 2 nitrogen and oxygen atoms in total. The lowest BCUT2D eigenvalue weighted by atomic mass is 9.89. The Morgan fingerprint density at radius 1 is 1.29 bits per heavy atom. The van der Waals surface area contributed by atoms with E-state index < -0.39 is 0 Å². The van der Waals surface area contributed by atoms with Gasteiger partial charge in [0, 0.05) is 22.8 Å². The van der Waals surface area contributed by atoms with Gasteiger partial charge in [-0.3, -0.25) is 0 Å². The lowest BCUT2D eigenvalue weighted by molar-refractivity contribution is 0.00299. The van der Waals surface area contributed by atoms with Crippen LogP contribution in [0.4, 0.5) is 5.69 Å². The molecule has 1 aromatic rings. The third-order valence-electron chi connectivity index (χ3n) is 3.30. The van der Waals surface area contributed by atoms with Crippen LogP contribution >= 0.6 is 15.9 Å². The quantitative estimate of drug-likeness (QED) is 0.905. The van der Waals surface area contributed by atoms with Crippen molar-refractivity contribution in [2.24, 2.45) is 0 Å². The number of hydrogen-bond donors (Lipinski definition) is 1. The van der Waals surface area contributed by atoms with Crippen LogP contribution in [0.25, 0.3) is 0 Å². The Labute approximate surface area is 112 Å². The fourth-order valence-electron chi connectivity index (χ4n) is 2.32. The van der Waals surface area contributed by atoms with Crippen LogP contribution in [-0.2, 0) is 4.74 Å². The molecule has 1 fully saturated rings. The third kappa shape index (κ3) is 3.02. The van der Waals surface area contributed by atoms with E-state index in [4.69, 9.17) is 4.74 Å². The van der Waals surface area contributed by atoms with Crippen molar-refractivity contribution in [1.82, 2.24) is 0 Å². The highest BCUT2D eigenvalue weighted by Gasteiger charge is 2.29. The van der Waals surface area contributed by atoms with Gasteiger partial charge in [-0.15, -0.1) is 0 Å². The molecule has 1 saturated carbocycles. The number of ether oxygens (including phenoxy) is 1. The van der Waals surface area contributed by atoms with Crippen LogP contribution in [0, 0.1) is 13.8 Å². The van der Waals surface area contributed by atoms with Gasteiger partial charge in [0.2, 0.25) is 0 Å². The minimum Gasteiger partial charge on any atom is -0.382 e. The molecule has 0 unspecified atom stereocenters. The summed E-state index contributed by atoms with van der Waals surface area (Å²) in [5, 5.41) is 3.57. The number of nitrogens with one attached hydrogen (secondary N) is 1. The Morgan fingerprint density at radius 3 is 2.41 bits per heavy atom. The molecule has 0 radical (unpaired) electrons. The van der Waals surface area contributed by atoms with Gasteiger partial charge in [0.05, 0.1) is 6.10 Å². The van der Waals surface area contributed by atoms with Crippen LogP contribution in [0.15, 0.2) is 16.6 Å². The van der Waals surface area contributed by atoms with Crippen molar-refractivity contribution in [3.05, 3.63) is 27.7 Å². The monoisotopic (exact) mass is 297 g/mol. The van der Waals surface area contributed by atoms with Crippen LogP contribution in [0.1, 0.15) is 30.9 Å². The first-order valence-electron chi connectivity index (χ1n) is 6.25. The summed E-state index contributed by atoms with van der Waals surface area (Å²) in [7, 11) is 0. The van der Waals surface area contributed by atoms with E-state index in [9.17, 15) is 0 Å². The Hall–Kier alpha value is -0.540. The smallest absolute Gasteiger partial charge is 0.0614 e. The SMILES string of the molecule is CCOC1CC(Nc2cc(C)c(Br)c(C)c2)C1. The molecule has 0 heterocycles. The van der Waals surface area contributed by atoms with Gasteiger partial charge < -0.3 is 10.1 Å². The number of hydrogen-bond acceptors (Lipinski definition) is 2. The lowest BCUT2D eigenvalue weighted by Crippen LogP contribution is -2.40. The second kappa shape index (κ2) is 5.40. The van der Waals surface area contributed by atoms with Gasteiger partial charge >= 0.3 is 0 Å². The molecule has 0 amide bonds. The summed E-state index contributed by atoms with van der Waals surface area (Å²) < 4.78 is 6.78. The standard InChI is InChI=1S/C14H20BrNO/c1-4-17-13-7-12(8-13)16-11-5-9(2)14(15)10(3)6-11/h5-6,12-13,16H,4,7-8H2,1-3H3. The van der Waals surface area contributed by atoms with E-state index in [1.807, 2.05) is 0 Å². The Bertz CT molecular complexity index is 376. The van der Waals surface area contributed by atoms with Gasteiger partial charge in [-0.1, -0.05) is 15.9 Å². The zero-order valence-corrected chi connectivity index (χ0v) is 12.3. The number of anilines is 1. The van der Waals surface area contributed by atoms with Crippen LogP contribution in [0.2, 0.25) is 0 Å². The molecule has 17 heavy (non-hydrogen) atoms. The molecule has 3 heteroatoms. The van der Waals surface area contributed by atoms with Crippen molar-refractivity contribution in [3.63, 3.8) is 0 Å². The summed E-state index contributed by atoms with van der Waals surface area (Å²) in [6.45, 7) is 7.15. The first kappa shape index (κ1) is 12.9. The second-order valence-corrected chi connectivity index (χ2v) is 5.61. The van der Waals surface area contributed by atoms with Gasteiger partial charge in [-0.25, -0.2) is 0 Å². The van der Waals surface area contributed by atoms with Gasteiger partial charge in [0.25, 0.3) is 0 Å². The highest BCUT2D eigenvalue weighted by Crippen LogP contribution is 2.30. The van der Waals surface area contributed by atoms with Gasteiger partial charge in [-0.05, 0) is 56.9 Å². The van der Waals surface area contributed by atoms with Crippen molar-refractivity contribution < 1.29 is 4.74 Å². The van der Waals surface area contributed by atoms with Gasteiger partial charge in [0.15, 0.2) is 0 Å². The van der Waals surface area contributed by atoms with E-state index in [0.717, 1.165) is 19.4 Å². The molecule has 0 aliphatic heterocycles. The minimum absolute atomic E-state index is 0.468. The molecule has 0 spiro atoms. The molecular formula is C14H20BrNO. The van der Waals surface area contributed by atoms with Crippen molar-refractivity contribution in [2.45, 2.75) is 45.8 Å². The van der Waals surface area contributed by atoms with Crippen LogP contribution in [-0.4, -0.2) is 18.8 Å². The lowest BCUT2D eigenvalue weighted by Gasteiger charge is -2.36. The fraction of sp³-hybridized carbons (Fsp3) is 0.571. The molecule has 1 N–H and O–H groups in total. The van der Waals surface area contributed by atoms with Crippen LogP contribution < -0.4 is 5.32 Å². The average Bonchev–Trinajstić information content (AvgIpc) is 2.23. The molecule has 0 atom stereocenters. The number of benzene rings is 1. The third-order valence-corrected chi connectivity index (χ3v) is 4.56. The van der Waals surface area contributed by atoms with E-state index in [0.29, 0.717) is 12.1 Å². The second-order valence-electron chi connectivity index (χ2n) is 4.81. The molecule has 0 aromatic heterocycles. The molecule has 1 aromatic carbocycles. The van der Waals surface area contributed by atoms with E-state index in [-0.39, 0.29) is 0 Å². The molecule has 94 valence electrons. The van der Waals surface area contributed by atoms with Crippen molar-refractivity contribution in [3.8, 4) is 0 Å². The summed E-state index contributed by atoms with van der Waals surface area (Å²) in [4.78, 5) is 0. The predicted molar refractivity (Wildman–Crippen MR) is 75.7 cm³/mol. The highest BCUT2D eigenvalue weighted by atomic mass is 79.9. The van der Waals surface area contributed by atoms with Crippen LogP contribution in [0.3, 0.4) is 0 Å². The van der Waals surface area contributed by atoms with Gasteiger partial charge in [0.1, 0.15) is 0 Å². The summed E-state index contributed by atoms with van der Waals surface area (Å²) in [6, 6.07) is 4.97. The molecule has 0 saturated heterocycles. The van der Waals surface area contributed by atoms with Crippen LogP contribution in [0.5, 0.6) is 0 Å². The van der Waals surface area contributed by atoms with E-state index in [2.05, 4.69) is 54.2 Å². The number of rotatable bonds is 4. The van der Waals surface area contributed by atoms with E-state index in [1.54, 1.807) is 0 Å². The van der Waals surface area contributed by atoms with Crippen molar-refractivity contribution in [1.29, 1.82) is 0 Å².